The average molecular weight is 370 g/mol. The number of nitrogens with zero attached hydrogens (tertiary/aromatic N) is 3. The third-order valence-electron chi connectivity index (χ3n) is 2.22. The number of benzene rings is 1. The molecule has 0 aliphatic carbocycles. The molecular formula is C11H7IN4O3. The fourth-order valence-corrected chi connectivity index (χ4v) is 1.93. The molecular weight excluding hydrogens is 363 g/mol. The molecule has 0 bridgehead atoms. The molecule has 0 aliphatic heterocycles. The minimum atomic E-state index is -0.546. The first-order chi connectivity index (χ1) is 9.08. The molecule has 2 rings (SSSR count). The Morgan fingerprint density at radius 3 is 2.79 bits per heavy atom. The SMILES string of the molecule is O=C(Nc1cccnn1)c1cc([N+](=O)[O-])ccc1I. The Hall–Kier alpha value is -2.10. The van der Waals surface area contributed by atoms with Crippen molar-refractivity contribution in [3.8, 4) is 0 Å². The maximum Gasteiger partial charge on any atom is 0.270 e. The van der Waals surface area contributed by atoms with Crippen LogP contribution < -0.4 is 5.32 Å². The zero-order valence-corrected chi connectivity index (χ0v) is 11.6. The van der Waals surface area contributed by atoms with Crippen molar-refractivity contribution in [3.63, 3.8) is 0 Å². The molecule has 0 saturated heterocycles. The van der Waals surface area contributed by atoms with Gasteiger partial charge >= 0.3 is 0 Å². The number of anilines is 1. The summed E-state index contributed by atoms with van der Waals surface area (Å²) >= 11 is 1.94. The van der Waals surface area contributed by atoms with Crippen molar-refractivity contribution in [2.75, 3.05) is 5.32 Å². The fraction of sp³-hybridized carbons (Fsp3) is 0. The second-order valence-electron chi connectivity index (χ2n) is 3.48. The second kappa shape index (κ2) is 5.69. The summed E-state index contributed by atoms with van der Waals surface area (Å²) in [5.74, 6) is -0.177. The van der Waals surface area contributed by atoms with E-state index in [9.17, 15) is 14.9 Å². The molecule has 7 nitrogen and oxygen atoms in total. The lowest BCUT2D eigenvalue weighted by Crippen LogP contribution is -2.14. The Morgan fingerprint density at radius 1 is 1.37 bits per heavy atom. The van der Waals surface area contributed by atoms with Crippen LogP contribution in [0.1, 0.15) is 10.4 Å². The number of amides is 1. The number of carbonyl (C=O) groups is 1. The Balaban J connectivity index is 2.28. The molecule has 2 aromatic rings. The van der Waals surface area contributed by atoms with Crippen molar-refractivity contribution in [1.82, 2.24) is 10.2 Å². The predicted molar refractivity (Wildman–Crippen MR) is 75.8 cm³/mol. The Kier molecular flexibility index (Phi) is 4.00. The van der Waals surface area contributed by atoms with Gasteiger partial charge in [-0.1, -0.05) is 0 Å². The summed E-state index contributed by atoms with van der Waals surface area (Å²) in [6, 6.07) is 7.30. The van der Waals surface area contributed by atoms with Crippen molar-refractivity contribution in [2.24, 2.45) is 0 Å². The van der Waals surface area contributed by atoms with Crippen LogP contribution in [0, 0.1) is 13.7 Å². The van der Waals surface area contributed by atoms with E-state index in [1.54, 1.807) is 12.1 Å². The number of nitro benzene ring substituents is 1. The summed E-state index contributed by atoms with van der Waals surface area (Å²) in [6.45, 7) is 0. The second-order valence-corrected chi connectivity index (χ2v) is 4.65. The summed E-state index contributed by atoms with van der Waals surface area (Å²) in [6.07, 6.45) is 1.48. The standard InChI is InChI=1S/C11H7IN4O3/c12-9-4-3-7(16(18)19)6-8(9)11(17)14-10-2-1-5-13-15-10/h1-6H,(H,14,15,17). The van der Waals surface area contributed by atoms with Crippen LogP contribution in [0.25, 0.3) is 0 Å². The van der Waals surface area contributed by atoms with Gasteiger partial charge in [-0.2, -0.15) is 5.10 Å². The highest BCUT2D eigenvalue weighted by atomic mass is 127. The van der Waals surface area contributed by atoms with E-state index in [0.29, 0.717) is 3.57 Å². The molecule has 1 aromatic heterocycles. The number of nitro groups is 1. The van der Waals surface area contributed by atoms with Crippen LogP contribution in [0.3, 0.4) is 0 Å². The number of hydrogen-bond donors (Lipinski definition) is 1. The van der Waals surface area contributed by atoms with Gasteiger partial charge in [-0.15, -0.1) is 5.10 Å². The van der Waals surface area contributed by atoms with Crippen LogP contribution in [-0.2, 0) is 0 Å². The first-order valence-electron chi connectivity index (χ1n) is 5.11. The molecule has 1 aromatic carbocycles. The van der Waals surface area contributed by atoms with Crippen LogP contribution in [0.5, 0.6) is 0 Å². The first-order valence-corrected chi connectivity index (χ1v) is 6.19. The molecule has 0 fully saturated rings. The lowest BCUT2D eigenvalue weighted by Gasteiger charge is -2.05. The number of halogens is 1. The zero-order chi connectivity index (χ0) is 13.8. The van der Waals surface area contributed by atoms with Crippen LogP contribution in [0.4, 0.5) is 11.5 Å². The number of carbonyl (C=O) groups excluding carboxylic acids is 1. The Labute approximate surface area is 121 Å². The first kappa shape index (κ1) is 13.3. The highest BCUT2D eigenvalue weighted by Crippen LogP contribution is 2.20. The fourth-order valence-electron chi connectivity index (χ4n) is 1.35. The van der Waals surface area contributed by atoms with Gasteiger partial charge in [0.15, 0.2) is 5.82 Å². The van der Waals surface area contributed by atoms with Crippen LogP contribution in [0.15, 0.2) is 36.5 Å². The highest BCUT2D eigenvalue weighted by Gasteiger charge is 2.15. The molecule has 96 valence electrons. The smallest absolute Gasteiger partial charge is 0.270 e. The van der Waals surface area contributed by atoms with E-state index in [-0.39, 0.29) is 17.1 Å². The molecule has 0 spiro atoms. The van der Waals surface area contributed by atoms with Gasteiger partial charge in [0.25, 0.3) is 11.6 Å². The third kappa shape index (κ3) is 3.22. The minimum Gasteiger partial charge on any atom is -0.305 e. The lowest BCUT2D eigenvalue weighted by molar-refractivity contribution is -0.384. The number of non-ortho nitro benzene ring substituents is 1. The number of aromatic nitrogens is 2. The van der Waals surface area contributed by atoms with E-state index in [4.69, 9.17) is 0 Å². The molecule has 0 radical (unpaired) electrons. The largest absolute Gasteiger partial charge is 0.305 e. The molecule has 19 heavy (non-hydrogen) atoms. The van der Waals surface area contributed by atoms with Crippen LogP contribution in [0.2, 0.25) is 0 Å². The van der Waals surface area contributed by atoms with Gasteiger partial charge in [-0.25, -0.2) is 0 Å². The molecule has 0 saturated carbocycles. The van der Waals surface area contributed by atoms with E-state index in [2.05, 4.69) is 15.5 Å². The van der Waals surface area contributed by atoms with E-state index in [1.807, 2.05) is 22.6 Å². The van der Waals surface area contributed by atoms with Crippen molar-refractivity contribution >= 4 is 40.0 Å². The van der Waals surface area contributed by atoms with Crippen LogP contribution in [-0.4, -0.2) is 21.0 Å². The van der Waals surface area contributed by atoms with Gasteiger partial charge in [0.05, 0.1) is 10.5 Å². The molecule has 1 heterocycles. The zero-order valence-electron chi connectivity index (χ0n) is 9.41. The van der Waals surface area contributed by atoms with E-state index < -0.39 is 10.8 Å². The molecule has 8 heteroatoms. The predicted octanol–water partition coefficient (Wildman–Crippen LogP) is 2.24. The number of nitrogens with one attached hydrogen (secondary N) is 1. The van der Waals surface area contributed by atoms with Gasteiger partial charge in [0.2, 0.25) is 0 Å². The van der Waals surface area contributed by atoms with Crippen molar-refractivity contribution < 1.29 is 9.72 Å². The molecule has 1 amide bonds. The van der Waals surface area contributed by atoms with Gasteiger partial charge in [-0.05, 0) is 40.8 Å². The molecule has 0 aliphatic rings. The summed E-state index contributed by atoms with van der Waals surface area (Å²) in [4.78, 5) is 22.2. The topological polar surface area (TPSA) is 98.0 Å². The Morgan fingerprint density at radius 2 is 2.16 bits per heavy atom. The van der Waals surface area contributed by atoms with Crippen molar-refractivity contribution in [1.29, 1.82) is 0 Å². The van der Waals surface area contributed by atoms with Gasteiger partial charge in [0.1, 0.15) is 0 Å². The van der Waals surface area contributed by atoms with Crippen LogP contribution >= 0.6 is 22.6 Å². The van der Waals surface area contributed by atoms with Gasteiger partial charge in [0, 0.05) is 21.9 Å². The summed E-state index contributed by atoms with van der Waals surface area (Å²) in [7, 11) is 0. The third-order valence-corrected chi connectivity index (χ3v) is 3.16. The monoisotopic (exact) mass is 370 g/mol. The van der Waals surface area contributed by atoms with Crippen molar-refractivity contribution in [2.45, 2.75) is 0 Å². The quantitative estimate of drug-likeness (QED) is 0.508. The van der Waals surface area contributed by atoms with Gasteiger partial charge < -0.3 is 5.32 Å². The van der Waals surface area contributed by atoms with E-state index in [1.165, 1.54) is 24.4 Å². The maximum absolute atomic E-state index is 12.0. The minimum absolute atomic E-state index is 0.135. The lowest BCUT2D eigenvalue weighted by atomic mass is 10.2. The van der Waals surface area contributed by atoms with Gasteiger partial charge in [-0.3, -0.25) is 14.9 Å². The maximum atomic E-state index is 12.0. The number of rotatable bonds is 3. The average Bonchev–Trinajstić information content (AvgIpc) is 2.40. The summed E-state index contributed by atoms with van der Waals surface area (Å²) < 4.78 is 0.615. The summed E-state index contributed by atoms with van der Waals surface area (Å²) in [5, 5.41) is 20.6. The Bertz CT molecular complexity index is 633. The molecule has 0 atom stereocenters. The van der Waals surface area contributed by atoms with E-state index >= 15 is 0 Å². The molecule has 0 unspecified atom stereocenters. The molecule has 1 N–H and O–H groups in total. The van der Waals surface area contributed by atoms with Crippen molar-refractivity contribution in [3.05, 3.63) is 55.8 Å². The van der Waals surface area contributed by atoms with E-state index in [0.717, 1.165) is 0 Å². The number of hydrogen-bond acceptors (Lipinski definition) is 5. The normalized spacial score (nSPS) is 9.95. The summed E-state index contributed by atoms with van der Waals surface area (Å²) in [5.41, 5.74) is 0.0881. The highest BCUT2D eigenvalue weighted by molar-refractivity contribution is 14.1.